The van der Waals surface area contributed by atoms with E-state index in [9.17, 15) is 14.4 Å². The van der Waals surface area contributed by atoms with E-state index in [-0.39, 0.29) is 30.6 Å². The second-order valence-corrected chi connectivity index (χ2v) is 6.62. The van der Waals surface area contributed by atoms with E-state index in [1.807, 2.05) is 29.2 Å². The maximum atomic E-state index is 13.0. The van der Waals surface area contributed by atoms with Gasteiger partial charge in [0.15, 0.2) is 0 Å². The van der Waals surface area contributed by atoms with Crippen molar-refractivity contribution in [3.63, 3.8) is 0 Å². The molecule has 0 unspecified atom stereocenters. The number of carboxylic acids is 1. The average molecular weight is 330 g/mol. The molecule has 2 aliphatic rings. The first-order valence-corrected chi connectivity index (χ1v) is 8.44. The van der Waals surface area contributed by atoms with Gasteiger partial charge in [-0.25, -0.2) is 0 Å². The van der Waals surface area contributed by atoms with Crippen LogP contribution in [0.4, 0.5) is 5.69 Å². The largest absolute Gasteiger partial charge is 0.481 e. The predicted molar refractivity (Wildman–Crippen MR) is 88.6 cm³/mol. The smallest absolute Gasteiger partial charge is 0.303 e. The topological polar surface area (TPSA) is 86.7 Å². The second-order valence-electron chi connectivity index (χ2n) is 6.62. The van der Waals surface area contributed by atoms with Gasteiger partial charge in [-0.15, -0.1) is 0 Å². The summed E-state index contributed by atoms with van der Waals surface area (Å²) >= 11 is 0. The fourth-order valence-corrected chi connectivity index (χ4v) is 3.68. The van der Waals surface area contributed by atoms with Crippen LogP contribution in [0.1, 0.15) is 43.6 Å². The molecule has 2 atom stereocenters. The van der Waals surface area contributed by atoms with Crippen molar-refractivity contribution in [1.82, 2.24) is 4.90 Å². The number of carboxylic acid groups (broad SMARTS) is 1. The zero-order valence-corrected chi connectivity index (χ0v) is 13.5. The molecule has 1 saturated heterocycles. The lowest BCUT2D eigenvalue weighted by atomic mass is 9.87. The summed E-state index contributed by atoms with van der Waals surface area (Å²) in [5.74, 6) is -1.15. The highest BCUT2D eigenvalue weighted by Gasteiger charge is 2.35. The van der Waals surface area contributed by atoms with Crippen molar-refractivity contribution in [1.29, 1.82) is 0 Å². The SMILES string of the molecule is O=C(O)CC[C@H]1CCCN(C(=O)[C@@H]2CC(=O)Nc3ccccc32)C1. The van der Waals surface area contributed by atoms with Gasteiger partial charge in [0, 0.05) is 31.6 Å². The Hall–Kier alpha value is -2.37. The number of nitrogens with zero attached hydrogens (tertiary/aromatic N) is 1. The summed E-state index contributed by atoms with van der Waals surface area (Å²) < 4.78 is 0. The monoisotopic (exact) mass is 330 g/mol. The number of rotatable bonds is 4. The van der Waals surface area contributed by atoms with Crippen molar-refractivity contribution in [2.45, 2.75) is 38.0 Å². The Morgan fingerprint density at radius 1 is 1.29 bits per heavy atom. The molecule has 0 aromatic heterocycles. The normalized spacial score (nSPS) is 23.3. The molecule has 24 heavy (non-hydrogen) atoms. The molecule has 1 aromatic rings. The Labute approximate surface area is 140 Å². The van der Waals surface area contributed by atoms with Crippen LogP contribution < -0.4 is 5.32 Å². The van der Waals surface area contributed by atoms with E-state index >= 15 is 0 Å². The van der Waals surface area contributed by atoms with Gasteiger partial charge in [-0.2, -0.15) is 0 Å². The van der Waals surface area contributed by atoms with Crippen LogP contribution in [-0.2, 0) is 14.4 Å². The minimum absolute atomic E-state index is 0.0164. The van der Waals surface area contributed by atoms with E-state index in [2.05, 4.69) is 5.32 Å². The Morgan fingerprint density at radius 3 is 2.88 bits per heavy atom. The van der Waals surface area contributed by atoms with E-state index in [0.29, 0.717) is 25.2 Å². The number of piperidine rings is 1. The summed E-state index contributed by atoms with van der Waals surface area (Å²) in [6.45, 7) is 1.27. The summed E-state index contributed by atoms with van der Waals surface area (Å²) in [4.78, 5) is 37.5. The highest BCUT2D eigenvalue weighted by molar-refractivity contribution is 6.01. The standard InChI is InChI=1S/C18H22N2O4/c21-16-10-14(13-5-1-2-6-15(13)19-16)18(24)20-9-3-4-12(11-20)7-8-17(22)23/h1-2,5-6,12,14H,3-4,7-11H2,(H,19,21)(H,22,23)/t12-,14-/m1/s1. The molecule has 1 fully saturated rings. The molecule has 6 nitrogen and oxygen atoms in total. The summed E-state index contributed by atoms with van der Waals surface area (Å²) in [6.07, 6.45) is 2.75. The number of likely N-dealkylation sites (tertiary alicyclic amines) is 1. The van der Waals surface area contributed by atoms with Crippen LogP contribution >= 0.6 is 0 Å². The van der Waals surface area contributed by atoms with Crippen LogP contribution in [0.25, 0.3) is 0 Å². The molecular formula is C18H22N2O4. The first-order valence-electron chi connectivity index (χ1n) is 8.44. The number of nitrogens with one attached hydrogen (secondary N) is 1. The van der Waals surface area contributed by atoms with Gasteiger partial charge in [0.1, 0.15) is 0 Å². The number of hydrogen-bond donors (Lipinski definition) is 2. The van der Waals surface area contributed by atoms with Crippen molar-refractivity contribution in [2.24, 2.45) is 5.92 Å². The van der Waals surface area contributed by atoms with Gasteiger partial charge >= 0.3 is 5.97 Å². The van der Waals surface area contributed by atoms with E-state index in [4.69, 9.17) is 5.11 Å². The third kappa shape index (κ3) is 3.58. The number of anilines is 1. The molecule has 0 radical (unpaired) electrons. The second kappa shape index (κ2) is 7.03. The van der Waals surface area contributed by atoms with Crippen molar-refractivity contribution in [3.8, 4) is 0 Å². The lowest BCUT2D eigenvalue weighted by molar-refractivity contribution is -0.138. The number of para-hydroxylation sites is 1. The molecule has 0 bridgehead atoms. The summed E-state index contributed by atoms with van der Waals surface area (Å²) in [6, 6.07) is 7.43. The highest BCUT2D eigenvalue weighted by Crippen LogP contribution is 2.34. The van der Waals surface area contributed by atoms with E-state index < -0.39 is 11.9 Å². The average Bonchev–Trinajstić information content (AvgIpc) is 2.58. The van der Waals surface area contributed by atoms with Crippen molar-refractivity contribution < 1.29 is 19.5 Å². The summed E-state index contributed by atoms with van der Waals surface area (Å²) in [7, 11) is 0. The van der Waals surface area contributed by atoms with Crippen molar-refractivity contribution >= 4 is 23.5 Å². The van der Waals surface area contributed by atoms with E-state index in [1.54, 1.807) is 0 Å². The van der Waals surface area contributed by atoms with E-state index in [1.165, 1.54) is 0 Å². The summed E-state index contributed by atoms with van der Waals surface area (Å²) in [5, 5.41) is 11.7. The molecule has 0 saturated carbocycles. The zero-order valence-electron chi connectivity index (χ0n) is 13.5. The fraction of sp³-hybridized carbons (Fsp3) is 0.500. The number of amides is 2. The van der Waals surface area contributed by atoms with Crippen LogP contribution in [0.5, 0.6) is 0 Å². The maximum absolute atomic E-state index is 13.0. The van der Waals surface area contributed by atoms with Crippen molar-refractivity contribution in [2.75, 3.05) is 18.4 Å². The van der Waals surface area contributed by atoms with E-state index in [0.717, 1.165) is 18.4 Å². The Bertz CT molecular complexity index is 658. The number of hydrogen-bond acceptors (Lipinski definition) is 3. The molecule has 2 aliphatic heterocycles. The van der Waals surface area contributed by atoms with Gasteiger partial charge in [-0.3, -0.25) is 14.4 Å². The first-order chi connectivity index (χ1) is 11.5. The van der Waals surface area contributed by atoms with Crippen LogP contribution in [0, 0.1) is 5.92 Å². The number of fused-ring (bicyclic) bond motifs is 1. The Kier molecular flexibility index (Phi) is 4.83. The number of carbonyl (C=O) groups is 3. The van der Waals surface area contributed by atoms with Gasteiger partial charge < -0.3 is 15.3 Å². The molecule has 128 valence electrons. The lowest BCUT2D eigenvalue weighted by Crippen LogP contribution is -2.44. The maximum Gasteiger partial charge on any atom is 0.303 e. The molecule has 1 aromatic carbocycles. The molecule has 2 N–H and O–H groups in total. The minimum Gasteiger partial charge on any atom is -0.481 e. The van der Waals surface area contributed by atoms with Gasteiger partial charge in [-0.05, 0) is 36.8 Å². The highest BCUT2D eigenvalue weighted by atomic mass is 16.4. The molecular weight excluding hydrogens is 308 g/mol. The van der Waals surface area contributed by atoms with Gasteiger partial charge in [0.25, 0.3) is 0 Å². The van der Waals surface area contributed by atoms with Gasteiger partial charge in [-0.1, -0.05) is 18.2 Å². The minimum atomic E-state index is -0.795. The van der Waals surface area contributed by atoms with Crippen LogP contribution in [0.2, 0.25) is 0 Å². The molecule has 0 aliphatic carbocycles. The number of carbonyl (C=O) groups excluding carboxylic acids is 2. The van der Waals surface area contributed by atoms with Crippen LogP contribution in [-0.4, -0.2) is 40.9 Å². The number of benzene rings is 1. The fourth-order valence-electron chi connectivity index (χ4n) is 3.68. The summed E-state index contributed by atoms with van der Waals surface area (Å²) in [5.41, 5.74) is 1.58. The number of aliphatic carboxylic acids is 1. The third-order valence-corrected chi connectivity index (χ3v) is 4.90. The Morgan fingerprint density at radius 2 is 2.08 bits per heavy atom. The molecule has 3 rings (SSSR count). The quantitative estimate of drug-likeness (QED) is 0.886. The predicted octanol–water partition coefficient (Wildman–Crippen LogP) is 2.22. The van der Waals surface area contributed by atoms with Gasteiger partial charge in [0.05, 0.1) is 5.92 Å². The molecule has 2 heterocycles. The van der Waals surface area contributed by atoms with Gasteiger partial charge in [0.2, 0.25) is 11.8 Å². The lowest BCUT2D eigenvalue weighted by Gasteiger charge is -2.36. The zero-order chi connectivity index (χ0) is 17.1. The van der Waals surface area contributed by atoms with Crippen LogP contribution in [0.3, 0.4) is 0 Å². The van der Waals surface area contributed by atoms with Crippen LogP contribution in [0.15, 0.2) is 24.3 Å². The first kappa shape index (κ1) is 16.5. The molecule has 2 amide bonds. The molecule has 6 heteroatoms. The molecule has 0 spiro atoms. The Balaban J connectivity index is 1.72. The van der Waals surface area contributed by atoms with Crippen molar-refractivity contribution in [3.05, 3.63) is 29.8 Å². The third-order valence-electron chi connectivity index (χ3n) is 4.90.